The predicted molar refractivity (Wildman–Crippen MR) is 112 cm³/mol. The van der Waals surface area contributed by atoms with Crippen LogP contribution in [0.3, 0.4) is 0 Å². The number of unbranched alkanes of at least 4 members (excludes halogenated alkanes) is 9. The van der Waals surface area contributed by atoms with Crippen LogP contribution in [0.5, 0.6) is 0 Å². The first-order valence-corrected chi connectivity index (χ1v) is 12.6. The summed E-state index contributed by atoms with van der Waals surface area (Å²) >= 11 is 0. The van der Waals surface area contributed by atoms with E-state index in [4.69, 9.17) is 13.0 Å². The number of rotatable bonds is 12. The number of halogens is 3. The molecule has 0 N–H and O–H groups in total. The summed E-state index contributed by atoms with van der Waals surface area (Å²) in [4.78, 5) is 11.4. The van der Waals surface area contributed by atoms with Crippen LogP contribution in [0.25, 0.3) is 0 Å². The summed E-state index contributed by atoms with van der Waals surface area (Å²) in [6, 6.07) is 0.719. The van der Waals surface area contributed by atoms with Crippen LogP contribution in [0.2, 0.25) is 0 Å². The molecule has 0 heterocycles. The molecule has 0 spiro atoms. The standard InChI is InChI=1S/C20H40NO.CHF3O3S/c1-4-5-6-7-8-9-10-11-12-13-18-21(2,3)19-14-16-20(22)17-15-19;2-1(3,4)8(5,6)7/h19H,4-18H2,1-3H3;(H,5,6,7)/q+1;/p-1. The SMILES string of the molecule is CCCCCCCCCCCC[N+](C)(C)C1CCC(=O)CC1.O=S(=O)([O-])C(F)(F)F. The van der Waals surface area contributed by atoms with Crippen molar-refractivity contribution < 1.29 is 35.4 Å². The maximum atomic E-state index is 11.4. The smallest absolute Gasteiger partial charge is 0.485 e. The molecule has 0 radical (unpaired) electrons. The van der Waals surface area contributed by atoms with Crippen molar-refractivity contribution in [3.8, 4) is 0 Å². The second kappa shape index (κ2) is 14.4. The molecule has 1 fully saturated rings. The Kier molecular flexibility index (Phi) is 14.1. The lowest BCUT2D eigenvalue weighted by Crippen LogP contribution is -2.50. The third kappa shape index (κ3) is 13.6. The number of carbonyl (C=O) groups excluding carboxylic acids is 1. The van der Waals surface area contributed by atoms with Crippen molar-refractivity contribution in [2.75, 3.05) is 20.6 Å². The number of nitrogens with zero attached hydrogens (tertiary/aromatic N) is 1. The van der Waals surface area contributed by atoms with Gasteiger partial charge in [-0.25, -0.2) is 8.42 Å². The molecular formula is C21H40F3NO4S. The van der Waals surface area contributed by atoms with Gasteiger partial charge in [0.05, 0.1) is 26.7 Å². The Morgan fingerprint density at radius 3 is 1.63 bits per heavy atom. The zero-order chi connectivity index (χ0) is 23.3. The van der Waals surface area contributed by atoms with E-state index in [1.165, 1.54) is 70.8 Å². The number of quaternary nitrogens is 1. The van der Waals surface area contributed by atoms with Crippen LogP contribution in [-0.2, 0) is 14.9 Å². The zero-order valence-electron chi connectivity index (χ0n) is 18.8. The van der Waals surface area contributed by atoms with Crippen LogP contribution in [0, 0.1) is 0 Å². The van der Waals surface area contributed by atoms with Gasteiger partial charge in [-0.2, -0.15) is 13.2 Å². The van der Waals surface area contributed by atoms with Gasteiger partial charge in [-0.15, -0.1) is 0 Å². The number of ketones is 1. The summed E-state index contributed by atoms with van der Waals surface area (Å²) in [5, 5.41) is 0. The first-order valence-electron chi connectivity index (χ1n) is 11.2. The highest BCUT2D eigenvalue weighted by atomic mass is 32.2. The van der Waals surface area contributed by atoms with Crippen molar-refractivity contribution in [2.24, 2.45) is 0 Å². The van der Waals surface area contributed by atoms with Crippen LogP contribution in [0.4, 0.5) is 13.2 Å². The molecule has 0 bridgehead atoms. The normalized spacial score (nSPS) is 16.3. The van der Waals surface area contributed by atoms with E-state index in [9.17, 15) is 18.0 Å². The summed E-state index contributed by atoms with van der Waals surface area (Å²) in [6.07, 6.45) is 18.0. The maximum absolute atomic E-state index is 11.4. The Balaban J connectivity index is 0.000000890. The number of carbonyl (C=O) groups is 1. The van der Waals surface area contributed by atoms with Gasteiger partial charge in [0.2, 0.25) is 0 Å². The molecular weight excluding hydrogens is 419 g/mol. The van der Waals surface area contributed by atoms with Gasteiger partial charge in [-0.05, 0) is 12.8 Å². The first-order chi connectivity index (χ1) is 13.8. The molecule has 0 atom stereocenters. The molecule has 180 valence electrons. The van der Waals surface area contributed by atoms with Crippen LogP contribution >= 0.6 is 0 Å². The molecule has 9 heteroatoms. The summed E-state index contributed by atoms with van der Waals surface area (Å²) in [6.45, 7) is 3.57. The minimum Gasteiger partial charge on any atom is -0.741 e. The number of alkyl halides is 3. The van der Waals surface area contributed by atoms with Crippen LogP contribution in [-0.4, -0.2) is 55.4 Å². The van der Waals surface area contributed by atoms with Crippen molar-refractivity contribution in [2.45, 2.75) is 108 Å². The summed E-state index contributed by atoms with van der Waals surface area (Å²) in [7, 11) is -1.35. The zero-order valence-corrected chi connectivity index (χ0v) is 19.6. The number of hydrogen-bond donors (Lipinski definition) is 0. The van der Waals surface area contributed by atoms with Crippen LogP contribution in [0.1, 0.15) is 96.8 Å². The molecule has 1 saturated carbocycles. The van der Waals surface area contributed by atoms with Gasteiger partial charge in [0, 0.05) is 25.7 Å². The topological polar surface area (TPSA) is 74.3 Å². The fourth-order valence-electron chi connectivity index (χ4n) is 3.81. The van der Waals surface area contributed by atoms with Gasteiger partial charge in [-0.3, -0.25) is 4.79 Å². The lowest BCUT2D eigenvalue weighted by molar-refractivity contribution is -0.916. The van der Waals surface area contributed by atoms with Crippen molar-refractivity contribution >= 4 is 15.9 Å². The van der Waals surface area contributed by atoms with Crippen molar-refractivity contribution in [1.29, 1.82) is 0 Å². The fourth-order valence-corrected chi connectivity index (χ4v) is 3.81. The Hall–Kier alpha value is -0.670. The lowest BCUT2D eigenvalue weighted by Gasteiger charge is -2.40. The number of Topliss-reactive ketones (excluding diaryl/α,β-unsaturated/α-hetero) is 1. The van der Waals surface area contributed by atoms with Gasteiger partial charge in [-0.1, -0.05) is 58.3 Å². The van der Waals surface area contributed by atoms with Gasteiger partial charge in [0.25, 0.3) is 0 Å². The fraction of sp³-hybridized carbons (Fsp3) is 0.952. The minimum atomic E-state index is -6.09. The average Bonchev–Trinajstić information content (AvgIpc) is 2.62. The third-order valence-corrected chi connectivity index (χ3v) is 6.44. The molecule has 0 aromatic heterocycles. The van der Waals surface area contributed by atoms with Gasteiger partial charge >= 0.3 is 5.51 Å². The van der Waals surface area contributed by atoms with E-state index in [2.05, 4.69) is 21.0 Å². The van der Waals surface area contributed by atoms with E-state index in [1.807, 2.05) is 0 Å². The first kappa shape index (κ1) is 29.3. The van der Waals surface area contributed by atoms with Gasteiger partial charge < -0.3 is 9.04 Å². The number of hydrogen-bond acceptors (Lipinski definition) is 4. The van der Waals surface area contributed by atoms with Crippen molar-refractivity contribution in [1.82, 2.24) is 0 Å². The molecule has 0 amide bonds. The van der Waals surface area contributed by atoms with E-state index >= 15 is 0 Å². The maximum Gasteiger partial charge on any atom is 0.485 e. The van der Waals surface area contributed by atoms with E-state index in [-0.39, 0.29) is 0 Å². The quantitative estimate of drug-likeness (QED) is 0.166. The largest absolute Gasteiger partial charge is 0.741 e. The summed E-state index contributed by atoms with van der Waals surface area (Å²) < 4.78 is 60.0. The van der Waals surface area contributed by atoms with Crippen LogP contribution in [0.15, 0.2) is 0 Å². The second-order valence-electron chi connectivity index (χ2n) is 8.85. The van der Waals surface area contributed by atoms with E-state index in [0.717, 1.165) is 36.2 Å². The van der Waals surface area contributed by atoms with Crippen molar-refractivity contribution in [3.63, 3.8) is 0 Å². The molecule has 5 nitrogen and oxygen atoms in total. The molecule has 0 aliphatic heterocycles. The molecule has 1 rings (SSSR count). The van der Waals surface area contributed by atoms with Crippen LogP contribution < -0.4 is 0 Å². The summed E-state index contributed by atoms with van der Waals surface area (Å²) in [5.41, 5.74) is -5.65. The average molecular weight is 460 g/mol. The highest BCUT2D eigenvalue weighted by Crippen LogP contribution is 2.24. The highest BCUT2D eigenvalue weighted by molar-refractivity contribution is 7.86. The Morgan fingerprint density at radius 2 is 1.27 bits per heavy atom. The molecule has 0 saturated heterocycles. The van der Waals surface area contributed by atoms with E-state index < -0.39 is 15.6 Å². The third-order valence-electron chi connectivity index (χ3n) is 5.87. The Morgan fingerprint density at radius 1 is 0.900 bits per heavy atom. The Bertz CT molecular complexity index is 567. The van der Waals surface area contributed by atoms with E-state index in [1.54, 1.807) is 0 Å². The Labute approximate surface area is 180 Å². The molecule has 0 aromatic rings. The minimum absolute atomic E-state index is 0.482. The second-order valence-corrected chi connectivity index (χ2v) is 10.2. The lowest BCUT2D eigenvalue weighted by atomic mass is 9.92. The molecule has 0 aromatic carbocycles. The molecule has 1 aliphatic carbocycles. The van der Waals surface area contributed by atoms with E-state index in [0.29, 0.717) is 5.78 Å². The molecule has 1 aliphatic rings. The van der Waals surface area contributed by atoms with Gasteiger partial charge in [0.15, 0.2) is 10.1 Å². The molecule has 0 unspecified atom stereocenters. The van der Waals surface area contributed by atoms with Gasteiger partial charge in [0.1, 0.15) is 5.78 Å². The molecule has 30 heavy (non-hydrogen) atoms. The highest BCUT2D eigenvalue weighted by Gasteiger charge is 2.37. The predicted octanol–water partition coefficient (Wildman–Crippen LogP) is 5.55. The van der Waals surface area contributed by atoms with Crippen molar-refractivity contribution in [3.05, 3.63) is 0 Å². The summed E-state index contributed by atoms with van der Waals surface area (Å²) in [5.74, 6) is 0.482. The monoisotopic (exact) mass is 459 g/mol.